The van der Waals surface area contributed by atoms with Gasteiger partial charge in [-0.05, 0) is 12.1 Å². The van der Waals surface area contributed by atoms with Gasteiger partial charge in [0.2, 0.25) is 11.8 Å². The van der Waals surface area contributed by atoms with E-state index in [2.05, 4.69) is 10.2 Å². The van der Waals surface area contributed by atoms with Crippen molar-refractivity contribution in [2.24, 2.45) is 0 Å². The van der Waals surface area contributed by atoms with Crippen molar-refractivity contribution in [1.29, 1.82) is 0 Å². The summed E-state index contributed by atoms with van der Waals surface area (Å²) in [4.78, 5) is 14.8. The van der Waals surface area contributed by atoms with Crippen LogP contribution in [0.2, 0.25) is 0 Å². The molecular formula is C16H17N3O5. The summed E-state index contributed by atoms with van der Waals surface area (Å²) in [6.45, 7) is 3.83. The second kappa shape index (κ2) is 6.12. The molecule has 0 spiro atoms. The number of para-hydroxylation sites is 1. The molecule has 1 amide bonds. The van der Waals surface area contributed by atoms with Crippen molar-refractivity contribution in [3.05, 3.63) is 35.5 Å². The van der Waals surface area contributed by atoms with E-state index in [1.165, 1.54) is 0 Å². The Bertz CT molecular complexity index is 760. The highest BCUT2D eigenvalue weighted by atomic mass is 16.6. The van der Waals surface area contributed by atoms with Gasteiger partial charge in [0.25, 0.3) is 5.91 Å². The maximum atomic E-state index is 13.1. The Hall–Kier alpha value is -2.61. The van der Waals surface area contributed by atoms with Gasteiger partial charge >= 0.3 is 0 Å². The van der Waals surface area contributed by atoms with Gasteiger partial charge in [-0.15, -0.1) is 10.2 Å². The summed E-state index contributed by atoms with van der Waals surface area (Å²) in [6.07, 6.45) is 0. The summed E-state index contributed by atoms with van der Waals surface area (Å²) >= 11 is 0. The summed E-state index contributed by atoms with van der Waals surface area (Å²) in [5.74, 6) is 1.74. The molecule has 0 saturated carbocycles. The lowest BCUT2D eigenvalue weighted by Crippen LogP contribution is -2.43. The van der Waals surface area contributed by atoms with Crippen molar-refractivity contribution in [3.8, 4) is 11.5 Å². The van der Waals surface area contributed by atoms with Gasteiger partial charge in [-0.1, -0.05) is 6.07 Å². The number of aryl methyl sites for hydroxylation is 1. The standard InChI is InChI=1S/C16H17N3O5/c1-10-17-18-15(24-10)12-9-21-6-5-19(12)16(20)11-3-2-4-13-14(11)23-8-7-22-13/h2-4,12H,5-9H2,1H3/t12-/m1/s1. The van der Waals surface area contributed by atoms with Crippen LogP contribution in [0.5, 0.6) is 11.5 Å². The first kappa shape index (κ1) is 14.9. The van der Waals surface area contributed by atoms with Crippen LogP contribution in [0.15, 0.2) is 22.6 Å². The molecule has 0 N–H and O–H groups in total. The second-order valence-electron chi connectivity index (χ2n) is 5.58. The fourth-order valence-corrected chi connectivity index (χ4v) is 2.89. The van der Waals surface area contributed by atoms with Crippen LogP contribution in [-0.2, 0) is 4.74 Å². The number of amides is 1. The molecule has 8 nitrogen and oxygen atoms in total. The van der Waals surface area contributed by atoms with Gasteiger partial charge in [0.15, 0.2) is 11.5 Å². The highest BCUT2D eigenvalue weighted by Gasteiger charge is 2.35. The first-order valence-electron chi connectivity index (χ1n) is 7.81. The third-order valence-corrected chi connectivity index (χ3v) is 4.01. The molecule has 2 aromatic rings. The van der Waals surface area contributed by atoms with Gasteiger partial charge in [-0.2, -0.15) is 0 Å². The maximum Gasteiger partial charge on any atom is 0.258 e. The summed E-state index contributed by atoms with van der Waals surface area (Å²) in [6, 6.07) is 4.91. The van der Waals surface area contributed by atoms with E-state index in [1.54, 1.807) is 30.0 Å². The lowest BCUT2D eigenvalue weighted by atomic mass is 10.1. The van der Waals surface area contributed by atoms with E-state index in [-0.39, 0.29) is 5.91 Å². The molecular weight excluding hydrogens is 314 g/mol. The van der Waals surface area contributed by atoms with Gasteiger partial charge in [0, 0.05) is 13.5 Å². The molecule has 4 rings (SSSR count). The van der Waals surface area contributed by atoms with E-state index in [1.807, 2.05) is 0 Å². The molecule has 2 aliphatic heterocycles. The summed E-state index contributed by atoms with van der Waals surface area (Å²) in [5.41, 5.74) is 0.468. The Morgan fingerprint density at radius 2 is 2.08 bits per heavy atom. The van der Waals surface area contributed by atoms with Crippen molar-refractivity contribution in [3.63, 3.8) is 0 Å². The average molecular weight is 331 g/mol. The van der Waals surface area contributed by atoms with Gasteiger partial charge < -0.3 is 23.5 Å². The molecule has 8 heteroatoms. The molecule has 1 atom stereocenters. The number of hydrogen-bond donors (Lipinski definition) is 0. The normalized spacial score (nSPS) is 20.0. The highest BCUT2D eigenvalue weighted by Crippen LogP contribution is 2.36. The van der Waals surface area contributed by atoms with Gasteiger partial charge in [0.1, 0.15) is 19.3 Å². The quantitative estimate of drug-likeness (QED) is 0.821. The summed E-state index contributed by atoms with van der Waals surface area (Å²) in [7, 11) is 0. The van der Waals surface area contributed by atoms with E-state index in [0.717, 1.165) is 0 Å². The molecule has 1 fully saturated rings. The van der Waals surface area contributed by atoms with E-state index in [0.29, 0.717) is 61.8 Å². The van der Waals surface area contributed by atoms with Crippen LogP contribution in [-0.4, -0.2) is 54.0 Å². The number of rotatable bonds is 2. The maximum absolute atomic E-state index is 13.1. The second-order valence-corrected chi connectivity index (χ2v) is 5.58. The molecule has 126 valence electrons. The number of ether oxygens (including phenoxy) is 3. The smallest absolute Gasteiger partial charge is 0.258 e. The number of fused-ring (bicyclic) bond motifs is 1. The van der Waals surface area contributed by atoms with Crippen LogP contribution in [0.3, 0.4) is 0 Å². The Labute approximate surface area is 138 Å². The molecule has 1 aromatic carbocycles. The van der Waals surface area contributed by atoms with E-state index in [9.17, 15) is 4.79 Å². The van der Waals surface area contributed by atoms with Gasteiger partial charge in [-0.3, -0.25) is 4.79 Å². The Morgan fingerprint density at radius 1 is 1.21 bits per heavy atom. The van der Waals surface area contributed by atoms with Crippen LogP contribution in [0.1, 0.15) is 28.2 Å². The molecule has 1 aromatic heterocycles. The predicted molar refractivity (Wildman–Crippen MR) is 81.1 cm³/mol. The molecule has 0 radical (unpaired) electrons. The molecule has 0 bridgehead atoms. The third kappa shape index (κ3) is 2.58. The van der Waals surface area contributed by atoms with Crippen molar-refractivity contribution < 1.29 is 23.4 Å². The minimum Gasteiger partial charge on any atom is -0.486 e. The van der Waals surface area contributed by atoms with Crippen molar-refractivity contribution >= 4 is 5.91 Å². The number of aromatic nitrogens is 2. The molecule has 0 aliphatic carbocycles. The number of nitrogens with zero attached hydrogens (tertiary/aromatic N) is 3. The molecule has 1 saturated heterocycles. The first-order chi connectivity index (χ1) is 11.7. The van der Waals surface area contributed by atoms with Crippen LogP contribution in [0.25, 0.3) is 0 Å². The van der Waals surface area contributed by atoms with Crippen LogP contribution in [0, 0.1) is 6.92 Å². The topological polar surface area (TPSA) is 86.9 Å². The van der Waals surface area contributed by atoms with Crippen molar-refractivity contribution in [1.82, 2.24) is 15.1 Å². The monoisotopic (exact) mass is 331 g/mol. The fraction of sp³-hybridized carbons (Fsp3) is 0.438. The largest absolute Gasteiger partial charge is 0.486 e. The lowest BCUT2D eigenvalue weighted by Gasteiger charge is -2.34. The van der Waals surface area contributed by atoms with E-state index < -0.39 is 6.04 Å². The average Bonchev–Trinajstić information content (AvgIpc) is 3.07. The number of carbonyl (C=O) groups excluding carboxylic acids is 1. The molecule has 3 heterocycles. The van der Waals surface area contributed by atoms with Gasteiger partial charge in [0.05, 0.1) is 18.8 Å². The SMILES string of the molecule is Cc1nnc([C@H]2COCCN2C(=O)c2cccc3c2OCCO3)o1. The summed E-state index contributed by atoms with van der Waals surface area (Å²) < 4.78 is 22.2. The number of carbonyl (C=O) groups is 1. The van der Waals surface area contributed by atoms with Crippen molar-refractivity contribution in [2.45, 2.75) is 13.0 Å². The Kier molecular flexibility index (Phi) is 3.81. The van der Waals surface area contributed by atoms with Gasteiger partial charge in [-0.25, -0.2) is 0 Å². The third-order valence-electron chi connectivity index (χ3n) is 4.01. The number of morpholine rings is 1. The number of benzene rings is 1. The van der Waals surface area contributed by atoms with Crippen LogP contribution < -0.4 is 9.47 Å². The summed E-state index contributed by atoms with van der Waals surface area (Å²) in [5, 5.41) is 7.88. The zero-order chi connectivity index (χ0) is 16.5. The first-order valence-corrected chi connectivity index (χ1v) is 7.81. The minimum absolute atomic E-state index is 0.165. The zero-order valence-electron chi connectivity index (χ0n) is 13.2. The minimum atomic E-state index is -0.409. The van der Waals surface area contributed by atoms with E-state index in [4.69, 9.17) is 18.6 Å². The molecule has 24 heavy (non-hydrogen) atoms. The van der Waals surface area contributed by atoms with Crippen LogP contribution >= 0.6 is 0 Å². The fourth-order valence-electron chi connectivity index (χ4n) is 2.89. The highest BCUT2D eigenvalue weighted by molar-refractivity contribution is 5.98. The molecule has 2 aliphatic rings. The van der Waals surface area contributed by atoms with E-state index >= 15 is 0 Å². The van der Waals surface area contributed by atoms with Crippen LogP contribution in [0.4, 0.5) is 0 Å². The Morgan fingerprint density at radius 3 is 2.92 bits per heavy atom. The van der Waals surface area contributed by atoms with Crippen molar-refractivity contribution in [2.75, 3.05) is 33.0 Å². The lowest BCUT2D eigenvalue weighted by molar-refractivity contribution is -0.0109. The zero-order valence-corrected chi connectivity index (χ0v) is 13.2. The Balaban J connectivity index is 1.67. The predicted octanol–water partition coefficient (Wildman–Crippen LogP) is 1.36. The molecule has 0 unspecified atom stereocenters. The number of hydrogen-bond acceptors (Lipinski definition) is 7.